The Labute approximate surface area is 151 Å². The van der Waals surface area contributed by atoms with Crippen LogP contribution in [0.5, 0.6) is 0 Å². The van der Waals surface area contributed by atoms with E-state index in [0.717, 1.165) is 48.4 Å². The Kier molecular flexibility index (Phi) is 4.32. The van der Waals surface area contributed by atoms with E-state index in [1.165, 1.54) is 12.7 Å². The average Bonchev–Trinajstić information content (AvgIpc) is 3.25. The lowest BCUT2D eigenvalue weighted by Crippen LogP contribution is -2.05. The number of hydrogen-bond donors (Lipinski definition) is 0. The van der Waals surface area contributed by atoms with E-state index in [-0.39, 0.29) is 0 Å². The topological polar surface area (TPSA) is 85.2 Å². The molecule has 0 atom stereocenters. The van der Waals surface area contributed by atoms with Gasteiger partial charge in [-0.2, -0.15) is 10.4 Å². The normalized spacial score (nSPS) is 14.5. The second-order valence-corrected chi connectivity index (χ2v) is 6.46. The lowest BCUT2D eigenvalue weighted by molar-refractivity contribution is 0.627. The van der Waals surface area contributed by atoms with E-state index in [0.29, 0.717) is 11.4 Å². The van der Waals surface area contributed by atoms with E-state index < -0.39 is 0 Å². The molecular formula is C19H19N7. The predicted molar refractivity (Wildman–Crippen MR) is 97.2 cm³/mol. The van der Waals surface area contributed by atoms with Gasteiger partial charge in [-0.15, -0.1) is 10.2 Å². The number of rotatable bonds is 3. The van der Waals surface area contributed by atoms with E-state index in [2.05, 4.69) is 30.9 Å². The van der Waals surface area contributed by atoms with Crippen LogP contribution in [0.1, 0.15) is 42.0 Å². The van der Waals surface area contributed by atoms with Crippen molar-refractivity contribution >= 4 is 11.6 Å². The van der Waals surface area contributed by atoms with Gasteiger partial charge in [-0.1, -0.05) is 12.5 Å². The molecule has 0 N–H and O–H groups in total. The van der Waals surface area contributed by atoms with Gasteiger partial charge < -0.3 is 4.57 Å². The van der Waals surface area contributed by atoms with Gasteiger partial charge in [0.1, 0.15) is 24.5 Å². The summed E-state index contributed by atoms with van der Waals surface area (Å²) in [4.78, 5) is 3.98. The summed E-state index contributed by atoms with van der Waals surface area (Å²) in [6.45, 7) is 2.89. The first-order chi connectivity index (χ1) is 12.8. The summed E-state index contributed by atoms with van der Waals surface area (Å²) >= 11 is 0. The lowest BCUT2D eigenvalue weighted by atomic mass is 10.1. The molecule has 0 saturated heterocycles. The van der Waals surface area contributed by atoms with E-state index in [9.17, 15) is 5.26 Å². The quantitative estimate of drug-likeness (QED) is 0.681. The highest BCUT2D eigenvalue weighted by molar-refractivity contribution is 5.87. The van der Waals surface area contributed by atoms with Crippen LogP contribution in [0.2, 0.25) is 0 Å². The Morgan fingerprint density at radius 3 is 2.92 bits per heavy atom. The van der Waals surface area contributed by atoms with Gasteiger partial charge in [-0.25, -0.2) is 9.67 Å². The predicted octanol–water partition coefficient (Wildman–Crippen LogP) is 2.96. The van der Waals surface area contributed by atoms with Gasteiger partial charge in [0.05, 0.1) is 11.3 Å². The molecule has 1 aliphatic heterocycles. The molecule has 26 heavy (non-hydrogen) atoms. The Hall–Kier alpha value is -3.27. The monoisotopic (exact) mass is 345 g/mol. The molecule has 0 bridgehead atoms. The van der Waals surface area contributed by atoms with Crippen molar-refractivity contribution in [1.29, 1.82) is 5.26 Å². The number of hydrogen-bond acceptors (Lipinski definition) is 5. The third kappa shape index (κ3) is 3.02. The first-order valence-electron chi connectivity index (χ1n) is 8.76. The fourth-order valence-corrected chi connectivity index (χ4v) is 3.36. The molecular weight excluding hydrogens is 326 g/mol. The first kappa shape index (κ1) is 16.2. The zero-order valence-electron chi connectivity index (χ0n) is 14.6. The minimum Gasteiger partial charge on any atom is -0.310 e. The maximum Gasteiger partial charge on any atom is 0.174 e. The molecule has 1 aromatic carbocycles. The van der Waals surface area contributed by atoms with Crippen molar-refractivity contribution in [2.24, 2.45) is 0 Å². The van der Waals surface area contributed by atoms with Crippen LogP contribution in [0.25, 0.3) is 17.3 Å². The molecule has 0 spiro atoms. The van der Waals surface area contributed by atoms with Crippen molar-refractivity contribution < 1.29 is 0 Å². The smallest absolute Gasteiger partial charge is 0.174 e. The van der Waals surface area contributed by atoms with Gasteiger partial charge in [-0.3, -0.25) is 0 Å². The Balaban J connectivity index is 1.70. The molecule has 1 aliphatic rings. The summed E-state index contributed by atoms with van der Waals surface area (Å²) in [5.74, 6) is 1.65. The van der Waals surface area contributed by atoms with E-state index in [1.54, 1.807) is 11.0 Å². The molecule has 0 amide bonds. The van der Waals surface area contributed by atoms with Crippen LogP contribution in [0.4, 0.5) is 0 Å². The molecule has 0 aliphatic carbocycles. The zero-order valence-corrected chi connectivity index (χ0v) is 14.6. The van der Waals surface area contributed by atoms with Crippen molar-refractivity contribution in [2.45, 2.75) is 39.2 Å². The summed E-state index contributed by atoms with van der Waals surface area (Å²) < 4.78 is 3.82. The van der Waals surface area contributed by atoms with Gasteiger partial charge >= 0.3 is 0 Å². The SMILES string of the molecule is Cc1cc(C=C(C#N)c2nnc3n2CCCCC3)ccc1-n1cncn1. The molecule has 0 unspecified atom stereocenters. The first-order valence-corrected chi connectivity index (χ1v) is 8.76. The second kappa shape index (κ2) is 6.92. The number of allylic oxidation sites excluding steroid dienone is 1. The Bertz CT molecular complexity index is 990. The van der Waals surface area contributed by atoms with E-state index in [4.69, 9.17) is 0 Å². The Morgan fingerprint density at radius 1 is 1.23 bits per heavy atom. The lowest BCUT2D eigenvalue weighted by Gasteiger charge is -2.08. The van der Waals surface area contributed by atoms with Crippen molar-refractivity contribution in [3.8, 4) is 11.8 Å². The maximum atomic E-state index is 9.68. The fraction of sp³-hybridized carbons (Fsp3) is 0.316. The third-order valence-corrected chi connectivity index (χ3v) is 4.67. The highest BCUT2D eigenvalue weighted by Crippen LogP contribution is 2.23. The zero-order chi connectivity index (χ0) is 17.9. The number of aromatic nitrogens is 6. The highest BCUT2D eigenvalue weighted by Gasteiger charge is 2.17. The third-order valence-electron chi connectivity index (χ3n) is 4.67. The van der Waals surface area contributed by atoms with Gasteiger partial charge in [0.2, 0.25) is 0 Å². The minimum absolute atomic E-state index is 0.540. The molecule has 3 aromatic rings. The standard InChI is InChI=1S/C19H19N7/c1-14-9-15(6-7-17(14)26-13-21-12-22-26)10-16(11-20)19-24-23-18-5-3-2-4-8-25(18)19/h6-7,9-10,12-13H,2-5,8H2,1H3. The van der Waals surface area contributed by atoms with E-state index >= 15 is 0 Å². The molecule has 3 heterocycles. The van der Waals surface area contributed by atoms with Crippen molar-refractivity contribution in [1.82, 2.24) is 29.5 Å². The molecule has 2 aromatic heterocycles. The Morgan fingerprint density at radius 2 is 2.15 bits per heavy atom. The molecule has 0 saturated carbocycles. The van der Waals surface area contributed by atoms with E-state index in [1.807, 2.05) is 31.2 Å². The van der Waals surface area contributed by atoms with Crippen LogP contribution >= 0.6 is 0 Å². The molecule has 4 rings (SSSR count). The summed E-state index contributed by atoms with van der Waals surface area (Å²) in [5.41, 5.74) is 3.52. The van der Waals surface area contributed by atoms with Crippen LogP contribution in [-0.2, 0) is 13.0 Å². The van der Waals surface area contributed by atoms with Gasteiger partial charge in [0.25, 0.3) is 0 Å². The molecule has 7 nitrogen and oxygen atoms in total. The summed E-state index contributed by atoms with van der Waals surface area (Å²) in [5, 5.41) is 22.4. The van der Waals surface area contributed by atoms with Crippen LogP contribution in [-0.4, -0.2) is 29.5 Å². The number of aryl methyl sites for hydroxylation is 2. The summed E-state index contributed by atoms with van der Waals surface area (Å²) in [6, 6.07) is 8.29. The highest BCUT2D eigenvalue weighted by atomic mass is 15.3. The summed E-state index contributed by atoms with van der Waals surface area (Å²) in [6.07, 6.45) is 9.41. The van der Waals surface area contributed by atoms with Gasteiger partial charge in [0.15, 0.2) is 5.82 Å². The molecule has 0 fully saturated rings. The maximum absolute atomic E-state index is 9.68. The van der Waals surface area contributed by atoms with Gasteiger partial charge in [0, 0.05) is 13.0 Å². The number of benzene rings is 1. The molecule has 130 valence electrons. The largest absolute Gasteiger partial charge is 0.310 e. The number of fused-ring (bicyclic) bond motifs is 1. The van der Waals surface area contributed by atoms with Gasteiger partial charge in [-0.05, 0) is 49.1 Å². The van der Waals surface area contributed by atoms with Crippen molar-refractivity contribution in [2.75, 3.05) is 0 Å². The molecule has 7 heteroatoms. The summed E-state index contributed by atoms with van der Waals surface area (Å²) in [7, 11) is 0. The molecule has 0 radical (unpaired) electrons. The van der Waals surface area contributed by atoms with Crippen LogP contribution in [0.15, 0.2) is 30.9 Å². The number of nitriles is 1. The average molecular weight is 345 g/mol. The van der Waals surface area contributed by atoms with Crippen LogP contribution in [0, 0.1) is 18.3 Å². The van der Waals surface area contributed by atoms with Crippen molar-refractivity contribution in [3.05, 3.63) is 53.6 Å². The number of nitrogens with zero attached hydrogens (tertiary/aromatic N) is 7. The minimum atomic E-state index is 0.540. The van der Waals surface area contributed by atoms with Crippen LogP contribution < -0.4 is 0 Å². The second-order valence-electron chi connectivity index (χ2n) is 6.46. The fourth-order valence-electron chi connectivity index (χ4n) is 3.36. The van der Waals surface area contributed by atoms with Crippen LogP contribution in [0.3, 0.4) is 0 Å². The van der Waals surface area contributed by atoms with Crippen molar-refractivity contribution in [3.63, 3.8) is 0 Å².